The standard InChI is InChI=1S/C29H48O/c1-19(2)16-22(30)17-21(4)23-11-13-27(6)25-10-9-24-20(3)8-7-12-28(24)18-29(25,28)15-14-26(23,27)5/h8,19,21-25,30H,7,9-18H2,1-6H3. The second-order valence-electron chi connectivity index (χ2n) is 13.6. The van der Waals surface area contributed by atoms with Gasteiger partial charge in [0.1, 0.15) is 0 Å². The topological polar surface area (TPSA) is 20.2 Å². The molecule has 0 heterocycles. The van der Waals surface area contributed by atoms with E-state index in [4.69, 9.17) is 0 Å². The van der Waals surface area contributed by atoms with E-state index in [1.807, 2.05) is 0 Å². The van der Waals surface area contributed by atoms with Crippen molar-refractivity contribution in [2.45, 2.75) is 118 Å². The van der Waals surface area contributed by atoms with Gasteiger partial charge in [-0.25, -0.2) is 0 Å². The average Bonchev–Trinajstić information content (AvgIpc) is 3.22. The van der Waals surface area contributed by atoms with E-state index in [-0.39, 0.29) is 6.10 Å². The van der Waals surface area contributed by atoms with Gasteiger partial charge in [-0.3, -0.25) is 0 Å². The highest BCUT2D eigenvalue weighted by atomic mass is 16.3. The van der Waals surface area contributed by atoms with E-state index in [2.05, 4.69) is 47.6 Å². The molecule has 9 unspecified atom stereocenters. The Bertz CT molecular complexity index is 722. The van der Waals surface area contributed by atoms with Crippen LogP contribution in [0.3, 0.4) is 0 Å². The van der Waals surface area contributed by atoms with Crippen molar-refractivity contribution in [3.8, 4) is 0 Å². The Kier molecular flexibility index (Phi) is 4.92. The van der Waals surface area contributed by atoms with Crippen LogP contribution in [0, 0.1) is 51.2 Å². The van der Waals surface area contributed by atoms with Crippen molar-refractivity contribution >= 4 is 0 Å². The molecule has 30 heavy (non-hydrogen) atoms. The zero-order chi connectivity index (χ0) is 21.5. The first kappa shape index (κ1) is 21.5. The first-order valence-corrected chi connectivity index (χ1v) is 13.4. The van der Waals surface area contributed by atoms with Gasteiger partial charge < -0.3 is 5.11 Å². The normalized spacial score (nSPS) is 51.3. The Morgan fingerprint density at radius 3 is 2.43 bits per heavy atom. The lowest BCUT2D eigenvalue weighted by molar-refractivity contribution is -0.122. The number of hydrogen-bond donors (Lipinski definition) is 1. The predicted molar refractivity (Wildman–Crippen MR) is 126 cm³/mol. The molecule has 0 aromatic rings. The van der Waals surface area contributed by atoms with Gasteiger partial charge in [0.25, 0.3) is 0 Å². The molecule has 170 valence electrons. The molecule has 9 atom stereocenters. The second kappa shape index (κ2) is 6.85. The second-order valence-corrected chi connectivity index (χ2v) is 13.6. The summed E-state index contributed by atoms with van der Waals surface area (Å²) in [7, 11) is 0. The van der Waals surface area contributed by atoms with Gasteiger partial charge in [-0.2, -0.15) is 0 Å². The fourth-order valence-corrected chi connectivity index (χ4v) is 10.8. The molecule has 5 aliphatic carbocycles. The third kappa shape index (κ3) is 2.63. The Balaban J connectivity index is 1.39. The van der Waals surface area contributed by atoms with Gasteiger partial charge >= 0.3 is 0 Å². The maximum absolute atomic E-state index is 10.7. The van der Waals surface area contributed by atoms with E-state index in [1.165, 1.54) is 51.4 Å². The smallest absolute Gasteiger partial charge is 0.0545 e. The van der Waals surface area contributed by atoms with Crippen LogP contribution in [0.25, 0.3) is 0 Å². The molecule has 0 aliphatic heterocycles. The molecule has 5 aliphatic rings. The van der Waals surface area contributed by atoms with E-state index < -0.39 is 0 Å². The molecule has 4 fully saturated rings. The number of fused-ring (bicyclic) bond motifs is 2. The Hall–Kier alpha value is -0.300. The van der Waals surface area contributed by atoms with E-state index in [9.17, 15) is 5.11 Å². The number of allylic oxidation sites excluding steroid dienone is 2. The van der Waals surface area contributed by atoms with Gasteiger partial charge in [-0.15, -0.1) is 0 Å². The molecule has 1 heteroatoms. The molecule has 1 nitrogen and oxygen atoms in total. The number of aliphatic hydroxyl groups is 1. The van der Waals surface area contributed by atoms with Crippen molar-refractivity contribution in [1.82, 2.24) is 0 Å². The number of rotatable bonds is 5. The van der Waals surface area contributed by atoms with E-state index in [0.717, 1.165) is 30.6 Å². The summed E-state index contributed by atoms with van der Waals surface area (Å²) in [6, 6.07) is 0. The van der Waals surface area contributed by atoms with Crippen molar-refractivity contribution in [2.75, 3.05) is 0 Å². The van der Waals surface area contributed by atoms with Crippen LogP contribution in [-0.2, 0) is 0 Å². The summed E-state index contributed by atoms with van der Waals surface area (Å²) in [4.78, 5) is 0. The van der Waals surface area contributed by atoms with Crippen LogP contribution in [-0.4, -0.2) is 11.2 Å². The summed E-state index contributed by atoms with van der Waals surface area (Å²) in [5, 5.41) is 10.7. The summed E-state index contributed by atoms with van der Waals surface area (Å²) >= 11 is 0. The molecular weight excluding hydrogens is 364 g/mol. The lowest BCUT2D eigenvalue weighted by atomic mass is 9.43. The SMILES string of the molecule is CC1=CCCC23CC24CCC2(C)C(C(C)CC(O)CC(C)C)CCC2(C)C4CCC13. The largest absolute Gasteiger partial charge is 0.393 e. The maximum atomic E-state index is 10.7. The fraction of sp³-hybridized carbons (Fsp3) is 0.931. The molecule has 0 radical (unpaired) electrons. The van der Waals surface area contributed by atoms with Crippen molar-refractivity contribution in [3.63, 3.8) is 0 Å². The zero-order valence-electron chi connectivity index (χ0n) is 20.8. The third-order valence-corrected chi connectivity index (χ3v) is 12.2. The fourth-order valence-electron chi connectivity index (χ4n) is 10.8. The molecule has 4 saturated carbocycles. The van der Waals surface area contributed by atoms with Gasteiger partial charge in [0.15, 0.2) is 0 Å². The van der Waals surface area contributed by atoms with Gasteiger partial charge in [0, 0.05) is 0 Å². The molecular formula is C29H48O. The Morgan fingerprint density at radius 1 is 0.933 bits per heavy atom. The van der Waals surface area contributed by atoms with Crippen LogP contribution < -0.4 is 0 Å². The summed E-state index contributed by atoms with van der Waals surface area (Å²) in [5.41, 5.74) is 4.13. The van der Waals surface area contributed by atoms with Gasteiger partial charge in [0.05, 0.1) is 6.10 Å². The molecule has 0 aromatic carbocycles. The van der Waals surface area contributed by atoms with Crippen LogP contribution in [0.15, 0.2) is 11.6 Å². The molecule has 5 rings (SSSR count). The summed E-state index contributed by atoms with van der Waals surface area (Å²) in [5.74, 6) is 3.94. The molecule has 0 bridgehead atoms. The summed E-state index contributed by atoms with van der Waals surface area (Å²) in [6.45, 7) is 14.8. The van der Waals surface area contributed by atoms with Crippen molar-refractivity contribution in [3.05, 3.63) is 11.6 Å². The predicted octanol–water partition coefficient (Wildman–Crippen LogP) is 7.78. The van der Waals surface area contributed by atoms with Crippen LogP contribution in [0.1, 0.15) is 112 Å². The first-order valence-electron chi connectivity index (χ1n) is 13.4. The van der Waals surface area contributed by atoms with Crippen LogP contribution in [0.4, 0.5) is 0 Å². The van der Waals surface area contributed by atoms with Gasteiger partial charge in [0.2, 0.25) is 0 Å². The Morgan fingerprint density at radius 2 is 1.70 bits per heavy atom. The molecule has 0 aromatic heterocycles. The summed E-state index contributed by atoms with van der Waals surface area (Å²) in [6.07, 6.45) is 17.6. The monoisotopic (exact) mass is 412 g/mol. The first-order chi connectivity index (χ1) is 14.1. The minimum atomic E-state index is -0.107. The van der Waals surface area contributed by atoms with Gasteiger partial charge in [-0.1, -0.05) is 46.3 Å². The van der Waals surface area contributed by atoms with E-state index >= 15 is 0 Å². The molecule has 0 amide bonds. The highest BCUT2D eigenvalue weighted by molar-refractivity contribution is 5.33. The van der Waals surface area contributed by atoms with Crippen LogP contribution in [0.5, 0.6) is 0 Å². The summed E-state index contributed by atoms with van der Waals surface area (Å²) < 4.78 is 0. The average molecular weight is 413 g/mol. The quantitative estimate of drug-likeness (QED) is 0.457. The minimum absolute atomic E-state index is 0.107. The van der Waals surface area contributed by atoms with Gasteiger partial charge in [-0.05, 0) is 129 Å². The zero-order valence-corrected chi connectivity index (χ0v) is 20.8. The van der Waals surface area contributed by atoms with E-state index in [0.29, 0.717) is 33.5 Å². The lowest BCUT2D eigenvalue weighted by Crippen LogP contribution is -2.54. The van der Waals surface area contributed by atoms with Crippen molar-refractivity contribution in [1.29, 1.82) is 0 Å². The van der Waals surface area contributed by atoms with Crippen molar-refractivity contribution in [2.24, 2.45) is 51.2 Å². The minimum Gasteiger partial charge on any atom is -0.393 e. The number of aliphatic hydroxyl groups excluding tert-OH is 1. The van der Waals surface area contributed by atoms with Crippen LogP contribution in [0.2, 0.25) is 0 Å². The Labute approximate surface area is 186 Å². The third-order valence-electron chi connectivity index (χ3n) is 12.2. The molecule has 0 saturated heterocycles. The highest BCUT2D eigenvalue weighted by Gasteiger charge is 2.80. The highest BCUT2D eigenvalue weighted by Crippen LogP contribution is 2.87. The lowest BCUT2D eigenvalue weighted by Gasteiger charge is -2.61. The van der Waals surface area contributed by atoms with E-state index in [1.54, 1.807) is 12.0 Å². The maximum Gasteiger partial charge on any atom is 0.0545 e. The van der Waals surface area contributed by atoms with Crippen molar-refractivity contribution < 1.29 is 5.11 Å². The molecule has 1 N–H and O–H groups in total. The number of hydrogen-bond acceptors (Lipinski definition) is 1. The molecule has 2 spiro atoms. The van der Waals surface area contributed by atoms with Crippen LogP contribution >= 0.6 is 0 Å².